The summed E-state index contributed by atoms with van der Waals surface area (Å²) in [5.74, 6) is -0.185. The van der Waals surface area contributed by atoms with Gasteiger partial charge < -0.3 is 24.8 Å². The first-order chi connectivity index (χ1) is 17.8. The van der Waals surface area contributed by atoms with Crippen LogP contribution in [-0.4, -0.2) is 89.4 Å². The summed E-state index contributed by atoms with van der Waals surface area (Å²) in [6.07, 6.45) is 5.46. The molecule has 37 heavy (non-hydrogen) atoms. The first-order valence-corrected chi connectivity index (χ1v) is 13.2. The lowest BCUT2D eigenvalue weighted by Gasteiger charge is -2.35. The van der Waals surface area contributed by atoms with Gasteiger partial charge in [0.25, 0.3) is 11.5 Å². The number of rotatable bonds is 6. The molecular weight excluding hydrogens is 472 g/mol. The highest BCUT2D eigenvalue weighted by Crippen LogP contribution is 2.29. The van der Waals surface area contributed by atoms with Crippen molar-refractivity contribution in [2.45, 2.75) is 51.1 Å². The average Bonchev–Trinajstić information content (AvgIpc) is 3.35. The van der Waals surface area contributed by atoms with Crippen molar-refractivity contribution >= 4 is 33.6 Å². The van der Waals surface area contributed by atoms with Crippen molar-refractivity contribution in [3.05, 3.63) is 39.8 Å². The molecule has 0 radical (unpaired) electrons. The van der Waals surface area contributed by atoms with E-state index in [0.717, 1.165) is 55.2 Å². The van der Waals surface area contributed by atoms with Crippen molar-refractivity contribution in [3.8, 4) is 0 Å². The number of aromatic nitrogens is 3. The van der Waals surface area contributed by atoms with E-state index < -0.39 is 0 Å². The summed E-state index contributed by atoms with van der Waals surface area (Å²) in [7, 11) is 3.96. The largest absolute Gasteiger partial charge is 0.381 e. The maximum absolute atomic E-state index is 13.2. The zero-order valence-electron chi connectivity index (χ0n) is 21.9. The standard InChI is InChI=1S/C27H36N6O4/c1-17-14-23-21(25-22(27(36)30-23)16-29-33(25)19-7-12-37-13-8-19)15-20(17)26(35)28-9-4-24(34)32(3)18-5-10-31(2)11-6-18/h14-16,18-19H,4-13H2,1-3H3,(H,28,35)(H,30,36). The molecule has 1 aromatic carbocycles. The van der Waals surface area contributed by atoms with Crippen molar-refractivity contribution in [2.24, 2.45) is 0 Å². The summed E-state index contributed by atoms with van der Waals surface area (Å²) in [5, 5.41) is 8.77. The van der Waals surface area contributed by atoms with Crippen LogP contribution >= 0.6 is 0 Å². The fourth-order valence-electron chi connectivity index (χ4n) is 5.59. The molecule has 3 aromatic rings. The number of aromatic amines is 1. The summed E-state index contributed by atoms with van der Waals surface area (Å²) in [6, 6.07) is 4.07. The van der Waals surface area contributed by atoms with E-state index in [4.69, 9.17) is 4.74 Å². The van der Waals surface area contributed by atoms with Gasteiger partial charge in [-0.05, 0) is 70.4 Å². The van der Waals surface area contributed by atoms with Gasteiger partial charge in [0.15, 0.2) is 0 Å². The maximum atomic E-state index is 13.2. The maximum Gasteiger partial charge on any atom is 0.259 e. The van der Waals surface area contributed by atoms with Gasteiger partial charge in [-0.25, -0.2) is 0 Å². The van der Waals surface area contributed by atoms with Crippen LogP contribution < -0.4 is 10.9 Å². The number of hydrogen-bond acceptors (Lipinski definition) is 6. The Morgan fingerprint density at radius 3 is 2.62 bits per heavy atom. The minimum atomic E-state index is -0.231. The van der Waals surface area contributed by atoms with E-state index >= 15 is 0 Å². The lowest BCUT2D eigenvalue weighted by atomic mass is 10.0. The third-order valence-electron chi connectivity index (χ3n) is 7.94. The second-order valence-electron chi connectivity index (χ2n) is 10.4. The van der Waals surface area contributed by atoms with E-state index in [0.29, 0.717) is 29.7 Å². The molecule has 0 atom stereocenters. The Kier molecular flexibility index (Phi) is 7.30. The van der Waals surface area contributed by atoms with E-state index in [1.807, 2.05) is 35.7 Å². The number of pyridine rings is 1. The number of nitrogens with one attached hydrogen (secondary N) is 2. The van der Waals surface area contributed by atoms with Gasteiger partial charge in [-0.3, -0.25) is 19.1 Å². The van der Waals surface area contributed by atoms with Gasteiger partial charge in [-0.1, -0.05) is 0 Å². The van der Waals surface area contributed by atoms with Gasteiger partial charge in [-0.15, -0.1) is 0 Å². The molecule has 2 fully saturated rings. The summed E-state index contributed by atoms with van der Waals surface area (Å²) >= 11 is 0. The predicted molar refractivity (Wildman–Crippen MR) is 142 cm³/mol. The molecule has 198 valence electrons. The Balaban J connectivity index is 1.34. The SMILES string of the molecule is Cc1cc2[nH]c(=O)c3cnn(C4CCOCC4)c3c2cc1C(=O)NCCC(=O)N(C)C1CCN(C)CC1. The Morgan fingerprint density at radius 2 is 1.89 bits per heavy atom. The molecule has 2 saturated heterocycles. The molecule has 0 saturated carbocycles. The van der Waals surface area contributed by atoms with Crippen LogP contribution in [0.15, 0.2) is 23.1 Å². The van der Waals surface area contributed by atoms with E-state index in [9.17, 15) is 14.4 Å². The number of benzene rings is 1. The molecule has 2 aliphatic rings. The highest BCUT2D eigenvalue weighted by atomic mass is 16.5. The van der Waals surface area contributed by atoms with Gasteiger partial charge in [0.1, 0.15) is 0 Å². The van der Waals surface area contributed by atoms with Crippen molar-refractivity contribution in [1.82, 2.24) is 29.9 Å². The van der Waals surface area contributed by atoms with Gasteiger partial charge in [0.05, 0.1) is 28.7 Å². The smallest absolute Gasteiger partial charge is 0.259 e. The number of aryl methyl sites for hydroxylation is 1. The van der Waals surface area contributed by atoms with Crippen molar-refractivity contribution in [2.75, 3.05) is 46.9 Å². The minimum absolute atomic E-state index is 0.0460. The third kappa shape index (κ3) is 5.13. The van der Waals surface area contributed by atoms with Crippen LogP contribution in [-0.2, 0) is 9.53 Å². The Bertz CT molecular complexity index is 1360. The van der Waals surface area contributed by atoms with Crippen molar-refractivity contribution < 1.29 is 14.3 Å². The number of amides is 2. The number of ether oxygens (including phenoxy) is 1. The zero-order valence-corrected chi connectivity index (χ0v) is 21.9. The first-order valence-electron chi connectivity index (χ1n) is 13.2. The van der Waals surface area contributed by atoms with Gasteiger partial charge in [0, 0.05) is 50.2 Å². The third-order valence-corrected chi connectivity index (χ3v) is 7.94. The number of fused-ring (bicyclic) bond motifs is 3. The van der Waals surface area contributed by atoms with Gasteiger partial charge in [-0.2, -0.15) is 5.10 Å². The molecule has 4 heterocycles. The Labute approximate surface area is 215 Å². The van der Waals surface area contributed by atoms with Gasteiger partial charge in [0.2, 0.25) is 5.91 Å². The van der Waals surface area contributed by atoms with Crippen LogP contribution in [0.3, 0.4) is 0 Å². The average molecular weight is 509 g/mol. The normalized spacial score (nSPS) is 17.9. The zero-order chi connectivity index (χ0) is 26.1. The van der Waals surface area contributed by atoms with Crippen LogP contribution in [0.2, 0.25) is 0 Å². The number of nitrogens with zero attached hydrogens (tertiary/aromatic N) is 4. The lowest BCUT2D eigenvalue weighted by molar-refractivity contribution is -0.132. The molecule has 0 aliphatic carbocycles. The molecule has 0 unspecified atom stereocenters. The number of likely N-dealkylation sites (tertiary alicyclic amines) is 1. The minimum Gasteiger partial charge on any atom is -0.381 e. The Morgan fingerprint density at radius 1 is 1.16 bits per heavy atom. The summed E-state index contributed by atoms with van der Waals surface area (Å²) in [5.41, 5.74) is 2.51. The molecule has 2 aliphatic heterocycles. The van der Waals surface area contributed by atoms with Crippen LogP contribution in [0.1, 0.15) is 54.1 Å². The number of H-pyrrole nitrogens is 1. The topological polar surface area (TPSA) is 113 Å². The molecule has 5 rings (SSSR count). The fourth-order valence-corrected chi connectivity index (χ4v) is 5.59. The van der Waals surface area contributed by atoms with Gasteiger partial charge >= 0.3 is 0 Å². The monoisotopic (exact) mass is 508 g/mol. The second-order valence-corrected chi connectivity index (χ2v) is 10.4. The van der Waals surface area contributed by atoms with E-state index in [1.165, 1.54) is 0 Å². The van der Waals surface area contributed by atoms with Crippen LogP contribution in [0.5, 0.6) is 0 Å². The molecule has 2 amide bonds. The van der Waals surface area contributed by atoms with E-state index in [1.54, 1.807) is 6.20 Å². The second kappa shape index (κ2) is 10.6. The number of hydrogen-bond donors (Lipinski definition) is 2. The molecule has 10 nitrogen and oxygen atoms in total. The highest BCUT2D eigenvalue weighted by Gasteiger charge is 2.25. The van der Waals surface area contributed by atoms with Crippen LogP contribution in [0, 0.1) is 6.92 Å². The number of piperidine rings is 1. The summed E-state index contributed by atoms with van der Waals surface area (Å²) in [6.45, 7) is 5.43. The predicted octanol–water partition coefficient (Wildman–Crippen LogP) is 2.21. The Hall–Kier alpha value is -3.24. The molecule has 2 N–H and O–H groups in total. The molecular formula is C27H36N6O4. The highest BCUT2D eigenvalue weighted by molar-refractivity contribution is 6.07. The van der Waals surface area contributed by atoms with E-state index in [2.05, 4.69) is 27.3 Å². The fraction of sp³-hybridized carbons (Fsp3) is 0.556. The number of carbonyl (C=O) groups excluding carboxylic acids is 2. The van der Waals surface area contributed by atoms with Crippen LogP contribution in [0.25, 0.3) is 21.8 Å². The van der Waals surface area contributed by atoms with Crippen molar-refractivity contribution in [3.63, 3.8) is 0 Å². The molecule has 0 spiro atoms. The van der Waals surface area contributed by atoms with E-state index in [-0.39, 0.29) is 42.4 Å². The lowest BCUT2D eigenvalue weighted by Crippen LogP contribution is -2.45. The quantitative estimate of drug-likeness (QED) is 0.528. The van der Waals surface area contributed by atoms with Crippen LogP contribution in [0.4, 0.5) is 0 Å². The summed E-state index contributed by atoms with van der Waals surface area (Å²) in [4.78, 5) is 45.7. The molecule has 10 heteroatoms. The molecule has 2 aromatic heterocycles. The number of carbonyl (C=O) groups is 2. The van der Waals surface area contributed by atoms with Crippen molar-refractivity contribution in [1.29, 1.82) is 0 Å². The first kappa shape index (κ1) is 25.4. The summed E-state index contributed by atoms with van der Waals surface area (Å²) < 4.78 is 7.42. The molecule has 0 bridgehead atoms.